The first-order valence-electron chi connectivity index (χ1n) is 9.44. The smallest absolute Gasteiger partial charge is 0.247 e. The number of hydrogen-bond acceptors (Lipinski definition) is 6. The number of rotatable bonds is 4. The summed E-state index contributed by atoms with van der Waals surface area (Å²) in [4.78, 5) is 7.30. The lowest BCUT2D eigenvalue weighted by Gasteiger charge is -2.33. The topological polar surface area (TPSA) is 55.1 Å². The molecular formula is C21H19ClN4OS. The molecule has 1 aliphatic rings. The fourth-order valence-corrected chi connectivity index (χ4v) is 4.96. The number of thiazole rings is 1. The molecule has 5 rings (SSSR count). The molecule has 0 radical (unpaired) electrons. The fraction of sp³-hybridized carbons (Fsp3) is 0.286. The van der Waals surface area contributed by atoms with E-state index in [4.69, 9.17) is 21.0 Å². The van der Waals surface area contributed by atoms with Crippen LogP contribution < -0.4 is 0 Å². The van der Waals surface area contributed by atoms with Gasteiger partial charge in [-0.05, 0) is 55.8 Å². The van der Waals surface area contributed by atoms with Gasteiger partial charge in [0.05, 0.1) is 22.8 Å². The first-order valence-corrected chi connectivity index (χ1v) is 10.6. The molecule has 1 aliphatic heterocycles. The van der Waals surface area contributed by atoms with Crippen LogP contribution in [0.2, 0.25) is 5.02 Å². The highest BCUT2D eigenvalue weighted by Gasteiger charge is 2.28. The van der Waals surface area contributed by atoms with E-state index in [2.05, 4.69) is 33.3 Å². The van der Waals surface area contributed by atoms with Crippen molar-refractivity contribution in [1.29, 1.82) is 0 Å². The average Bonchev–Trinajstić information content (AvgIpc) is 3.36. The molecular weight excluding hydrogens is 392 g/mol. The summed E-state index contributed by atoms with van der Waals surface area (Å²) in [5, 5.41) is 10.4. The minimum absolute atomic E-state index is 0.303. The zero-order valence-electron chi connectivity index (χ0n) is 15.2. The van der Waals surface area contributed by atoms with Gasteiger partial charge >= 0.3 is 0 Å². The van der Waals surface area contributed by atoms with Crippen molar-refractivity contribution in [2.24, 2.45) is 0 Å². The highest BCUT2D eigenvalue weighted by atomic mass is 35.5. The Morgan fingerprint density at radius 1 is 1.07 bits per heavy atom. The van der Waals surface area contributed by atoms with Crippen molar-refractivity contribution in [3.8, 4) is 11.5 Å². The molecule has 0 unspecified atom stereocenters. The molecule has 1 atom stereocenters. The van der Waals surface area contributed by atoms with Gasteiger partial charge in [0.1, 0.15) is 5.01 Å². The first kappa shape index (κ1) is 17.8. The average molecular weight is 411 g/mol. The van der Waals surface area contributed by atoms with Gasteiger partial charge in [-0.25, -0.2) is 4.98 Å². The van der Waals surface area contributed by atoms with Crippen LogP contribution in [0.4, 0.5) is 0 Å². The molecule has 142 valence electrons. The van der Waals surface area contributed by atoms with Crippen LogP contribution in [-0.4, -0.2) is 26.6 Å². The Balaban J connectivity index is 1.38. The van der Waals surface area contributed by atoms with Gasteiger partial charge in [0.2, 0.25) is 11.8 Å². The number of benzene rings is 2. The summed E-state index contributed by atoms with van der Waals surface area (Å²) in [6.07, 6.45) is 3.51. The Labute approximate surface area is 172 Å². The van der Waals surface area contributed by atoms with Crippen LogP contribution in [0.5, 0.6) is 0 Å². The highest BCUT2D eigenvalue weighted by molar-refractivity contribution is 7.18. The summed E-state index contributed by atoms with van der Waals surface area (Å²) < 4.78 is 7.17. The van der Waals surface area contributed by atoms with Gasteiger partial charge in [-0.15, -0.1) is 21.5 Å². The number of halogens is 1. The number of fused-ring (bicyclic) bond motifs is 1. The Kier molecular flexibility index (Phi) is 4.84. The Morgan fingerprint density at radius 3 is 2.79 bits per heavy atom. The molecule has 28 heavy (non-hydrogen) atoms. The third-order valence-corrected chi connectivity index (χ3v) is 6.50. The molecule has 0 aliphatic carbocycles. The molecule has 7 heteroatoms. The first-order chi connectivity index (χ1) is 13.8. The van der Waals surface area contributed by atoms with Crippen LogP contribution in [0.25, 0.3) is 21.7 Å². The predicted octanol–water partition coefficient (Wildman–Crippen LogP) is 5.73. The van der Waals surface area contributed by atoms with Crippen molar-refractivity contribution in [1.82, 2.24) is 20.1 Å². The lowest BCUT2D eigenvalue weighted by molar-refractivity contribution is 0.128. The van der Waals surface area contributed by atoms with E-state index in [0.29, 0.717) is 29.4 Å². The van der Waals surface area contributed by atoms with Gasteiger partial charge in [0.15, 0.2) is 0 Å². The van der Waals surface area contributed by atoms with Crippen LogP contribution in [0.15, 0.2) is 52.9 Å². The molecule has 1 fully saturated rings. The summed E-state index contributed by atoms with van der Waals surface area (Å²) in [5.41, 5.74) is 1.96. The maximum atomic E-state index is 5.96. The van der Waals surface area contributed by atoms with Gasteiger partial charge in [0.25, 0.3) is 0 Å². The van der Waals surface area contributed by atoms with Gasteiger partial charge in [-0.2, -0.15) is 0 Å². The summed E-state index contributed by atoms with van der Waals surface area (Å²) in [6.45, 7) is 1.65. The second-order valence-electron chi connectivity index (χ2n) is 7.01. The van der Waals surface area contributed by atoms with Crippen molar-refractivity contribution < 1.29 is 4.42 Å². The van der Waals surface area contributed by atoms with E-state index in [1.807, 2.05) is 30.3 Å². The lowest BCUT2D eigenvalue weighted by atomic mass is 10.0. The number of para-hydroxylation sites is 1. The second-order valence-corrected chi connectivity index (χ2v) is 8.51. The Hall–Kier alpha value is -2.28. The van der Waals surface area contributed by atoms with E-state index in [0.717, 1.165) is 24.0 Å². The third-order valence-electron chi connectivity index (χ3n) is 5.11. The molecule has 2 aromatic carbocycles. The molecule has 3 heterocycles. The van der Waals surface area contributed by atoms with E-state index < -0.39 is 0 Å². The minimum atomic E-state index is 0.303. The maximum Gasteiger partial charge on any atom is 0.247 e. The normalized spacial score (nSPS) is 18.0. The SMILES string of the molecule is Clc1ccc(-c2nnc(CN3CCCC[C@H]3c3nc4ccccc4s3)o2)cc1. The predicted molar refractivity (Wildman–Crippen MR) is 111 cm³/mol. The van der Waals surface area contributed by atoms with Gasteiger partial charge in [-0.1, -0.05) is 30.2 Å². The molecule has 0 amide bonds. The van der Waals surface area contributed by atoms with Crippen molar-refractivity contribution in [2.75, 3.05) is 6.54 Å². The number of nitrogens with zero attached hydrogens (tertiary/aromatic N) is 4. The maximum absolute atomic E-state index is 5.96. The van der Waals surface area contributed by atoms with E-state index in [9.17, 15) is 0 Å². The summed E-state index contributed by atoms with van der Waals surface area (Å²) in [5.74, 6) is 1.16. The zero-order chi connectivity index (χ0) is 18.9. The fourth-order valence-electron chi connectivity index (χ4n) is 3.69. The molecule has 5 nitrogen and oxygen atoms in total. The zero-order valence-corrected chi connectivity index (χ0v) is 16.8. The third kappa shape index (κ3) is 3.55. The number of likely N-dealkylation sites (tertiary alicyclic amines) is 1. The minimum Gasteiger partial charge on any atom is -0.419 e. The van der Waals surface area contributed by atoms with E-state index in [-0.39, 0.29) is 0 Å². The van der Waals surface area contributed by atoms with Crippen molar-refractivity contribution in [3.05, 3.63) is 64.5 Å². The number of aromatic nitrogens is 3. The monoisotopic (exact) mass is 410 g/mol. The molecule has 0 spiro atoms. The largest absolute Gasteiger partial charge is 0.419 e. The van der Waals surface area contributed by atoms with Crippen molar-refractivity contribution in [3.63, 3.8) is 0 Å². The van der Waals surface area contributed by atoms with Crippen LogP contribution in [0, 0.1) is 0 Å². The van der Waals surface area contributed by atoms with Crippen LogP contribution in [0.1, 0.15) is 36.2 Å². The van der Waals surface area contributed by atoms with E-state index >= 15 is 0 Å². The number of hydrogen-bond donors (Lipinski definition) is 0. The summed E-state index contributed by atoms with van der Waals surface area (Å²) in [6, 6.07) is 16.1. The van der Waals surface area contributed by atoms with Crippen LogP contribution in [-0.2, 0) is 6.54 Å². The van der Waals surface area contributed by atoms with Gasteiger partial charge in [-0.3, -0.25) is 4.90 Å². The quantitative estimate of drug-likeness (QED) is 0.430. The highest BCUT2D eigenvalue weighted by Crippen LogP contribution is 2.36. The summed E-state index contributed by atoms with van der Waals surface area (Å²) in [7, 11) is 0. The molecule has 0 saturated carbocycles. The van der Waals surface area contributed by atoms with E-state index in [1.54, 1.807) is 11.3 Å². The number of piperidine rings is 1. The van der Waals surface area contributed by atoms with Crippen molar-refractivity contribution >= 4 is 33.2 Å². The van der Waals surface area contributed by atoms with Crippen LogP contribution >= 0.6 is 22.9 Å². The van der Waals surface area contributed by atoms with Gasteiger partial charge in [0, 0.05) is 10.6 Å². The van der Waals surface area contributed by atoms with Gasteiger partial charge < -0.3 is 4.42 Å². The van der Waals surface area contributed by atoms with Crippen molar-refractivity contribution in [2.45, 2.75) is 31.8 Å². The molecule has 1 saturated heterocycles. The standard InChI is InChI=1S/C21H19ClN4OS/c22-15-10-8-14(9-11-15)20-25-24-19(27-20)13-26-12-4-3-6-17(26)21-23-16-5-1-2-7-18(16)28-21/h1-2,5,7-11,17H,3-4,6,12-13H2/t17-/m0/s1. The Bertz CT molecular complexity index is 1060. The molecule has 0 bridgehead atoms. The molecule has 0 N–H and O–H groups in total. The molecule has 2 aromatic heterocycles. The van der Waals surface area contributed by atoms with Crippen LogP contribution in [0.3, 0.4) is 0 Å². The summed E-state index contributed by atoms with van der Waals surface area (Å²) >= 11 is 7.75. The second kappa shape index (κ2) is 7.62. The molecule has 4 aromatic rings. The lowest BCUT2D eigenvalue weighted by Crippen LogP contribution is -2.33. The van der Waals surface area contributed by atoms with E-state index in [1.165, 1.54) is 22.5 Å². The Morgan fingerprint density at radius 2 is 1.93 bits per heavy atom.